The number of aromatic amines is 1. The van der Waals surface area contributed by atoms with Gasteiger partial charge in [-0.25, -0.2) is 4.79 Å². The van der Waals surface area contributed by atoms with Crippen LogP contribution in [-0.2, 0) is 0 Å². The molecule has 0 aliphatic heterocycles. The zero-order valence-electron chi connectivity index (χ0n) is 11.1. The summed E-state index contributed by atoms with van der Waals surface area (Å²) in [6.45, 7) is 7.51. The lowest BCUT2D eigenvalue weighted by molar-refractivity contribution is 0.412. The van der Waals surface area contributed by atoms with E-state index in [1.165, 1.54) is 0 Å². The maximum absolute atomic E-state index is 11.1. The van der Waals surface area contributed by atoms with Crippen LogP contribution in [0.4, 0.5) is 0 Å². The Labute approximate surface area is 106 Å². The number of H-pyrrole nitrogens is 1. The van der Waals surface area contributed by atoms with Gasteiger partial charge in [-0.3, -0.25) is 4.98 Å². The van der Waals surface area contributed by atoms with Crippen LogP contribution in [0.25, 0.3) is 11.1 Å². The number of nitrogens with one attached hydrogen (secondary N) is 2. The molecule has 0 saturated heterocycles. The van der Waals surface area contributed by atoms with Gasteiger partial charge in [0.2, 0.25) is 0 Å². The number of oxazole rings is 1. The summed E-state index contributed by atoms with van der Waals surface area (Å²) >= 11 is 0. The molecule has 1 unspecified atom stereocenters. The molecule has 2 N–H and O–H groups in total. The Kier molecular flexibility index (Phi) is 3.87. The fraction of sp³-hybridized carbons (Fsp3) is 0.500. The monoisotopic (exact) mass is 248 g/mol. The van der Waals surface area contributed by atoms with Gasteiger partial charge >= 0.3 is 5.76 Å². The van der Waals surface area contributed by atoms with Crippen LogP contribution in [0.2, 0.25) is 0 Å². The van der Waals surface area contributed by atoms with Crippen molar-refractivity contribution in [2.75, 3.05) is 6.54 Å². The Morgan fingerprint density at radius 1 is 1.39 bits per heavy atom. The van der Waals surface area contributed by atoms with Gasteiger partial charge in [0, 0.05) is 6.04 Å². The van der Waals surface area contributed by atoms with Crippen LogP contribution < -0.4 is 11.1 Å². The molecule has 1 heterocycles. The number of aromatic nitrogens is 1. The average Bonchev–Trinajstić information content (AvgIpc) is 2.68. The van der Waals surface area contributed by atoms with Gasteiger partial charge in [0.25, 0.3) is 0 Å². The minimum atomic E-state index is -0.398. The van der Waals surface area contributed by atoms with Crippen molar-refractivity contribution in [1.29, 1.82) is 0 Å². The molecule has 0 aliphatic rings. The summed E-state index contributed by atoms with van der Waals surface area (Å²) in [5.74, 6) is 0.0874. The molecule has 0 bridgehead atoms. The predicted octanol–water partition coefficient (Wildman–Crippen LogP) is 2.82. The van der Waals surface area contributed by atoms with Gasteiger partial charge in [0.1, 0.15) is 0 Å². The van der Waals surface area contributed by atoms with Gasteiger partial charge in [-0.05, 0) is 36.6 Å². The summed E-state index contributed by atoms with van der Waals surface area (Å²) in [5.41, 5.74) is 2.54. The Morgan fingerprint density at radius 2 is 2.17 bits per heavy atom. The van der Waals surface area contributed by atoms with Crippen molar-refractivity contribution in [2.45, 2.75) is 33.2 Å². The molecule has 98 valence electrons. The zero-order valence-corrected chi connectivity index (χ0v) is 11.1. The second kappa shape index (κ2) is 5.40. The minimum Gasteiger partial charge on any atom is -0.408 e. The first-order valence-corrected chi connectivity index (χ1v) is 6.48. The van der Waals surface area contributed by atoms with E-state index in [2.05, 4.69) is 31.1 Å². The highest BCUT2D eigenvalue weighted by Crippen LogP contribution is 2.24. The molecular formula is C14H20N2O2. The van der Waals surface area contributed by atoms with E-state index in [9.17, 15) is 4.79 Å². The van der Waals surface area contributed by atoms with Gasteiger partial charge < -0.3 is 9.73 Å². The Balaban J connectivity index is 2.34. The van der Waals surface area contributed by atoms with Crippen LogP contribution in [-0.4, -0.2) is 11.5 Å². The summed E-state index contributed by atoms with van der Waals surface area (Å²) in [4.78, 5) is 13.8. The molecule has 1 aromatic carbocycles. The standard InChI is InChI=1S/C14H20N2O2/c1-4-7-15-13(9(2)3)10-5-6-11-12(8-10)18-14(17)16-11/h5-6,8-9,13,15H,4,7H2,1-3H3,(H,16,17). The summed E-state index contributed by atoms with van der Waals surface area (Å²) in [6.07, 6.45) is 1.10. The van der Waals surface area contributed by atoms with Crippen LogP contribution >= 0.6 is 0 Å². The number of benzene rings is 1. The third kappa shape index (κ3) is 2.64. The normalized spacial score (nSPS) is 13.3. The van der Waals surface area contributed by atoms with E-state index in [-0.39, 0.29) is 6.04 Å². The van der Waals surface area contributed by atoms with Crippen LogP contribution in [0.1, 0.15) is 38.8 Å². The van der Waals surface area contributed by atoms with E-state index < -0.39 is 5.76 Å². The maximum Gasteiger partial charge on any atom is 0.417 e. The Hall–Kier alpha value is -1.55. The summed E-state index contributed by atoms with van der Waals surface area (Å²) < 4.78 is 5.10. The number of rotatable bonds is 5. The zero-order chi connectivity index (χ0) is 13.1. The van der Waals surface area contributed by atoms with Crippen molar-refractivity contribution in [3.8, 4) is 0 Å². The number of hydrogen-bond acceptors (Lipinski definition) is 3. The molecule has 0 spiro atoms. The average molecular weight is 248 g/mol. The highest BCUT2D eigenvalue weighted by molar-refractivity contribution is 5.72. The first-order chi connectivity index (χ1) is 8.61. The van der Waals surface area contributed by atoms with E-state index in [1.807, 2.05) is 18.2 Å². The Morgan fingerprint density at radius 3 is 2.83 bits per heavy atom. The largest absolute Gasteiger partial charge is 0.417 e. The molecule has 0 radical (unpaired) electrons. The van der Waals surface area contributed by atoms with Crippen LogP contribution in [0.3, 0.4) is 0 Å². The molecule has 4 nitrogen and oxygen atoms in total. The third-order valence-corrected chi connectivity index (χ3v) is 3.09. The van der Waals surface area contributed by atoms with Crippen molar-refractivity contribution in [3.05, 3.63) is 34.3 Å². The van der Waals surface area contributed by atoms with Gasteiger partial charge in [-0.1, -0.05) is 26.8 Å². The Bertz CT molecular complexity index is 568. The van der Waals surface area contributed by atoms with Crippen LogP contribution in [0, 0.1) is 5.92 Å². The molecule has 0 aliphatic carbocycles. The SMILES string of the molecule is CCCNC(c1ccc2[nH]c(=O)oc2c1)C(C)C. The summed E-state index contributed by atoms with van der Waals surface area (Å²) in [7, 11) is 0. The molecule has 0 fully saturated rings. The van der Waals surface area contributed by atoms with E-state index in [4.69, 9.17) is 4.42 Å². The lowest BCUT2D eigenvalue weighted by Crippen LogP contribution is -2.26. The second-order valence-corrected chi connectivity index (χ2v) is 4.95. The van der Waals surface area contributed by atoms with Gasteiger partial charge in [0.15, 0.2) is 5.58 Å². The second-order valence-electron chi connectivity index (χ2n) is 4.95. The van der Waals surface area contributed by atoms with Crippen molar-refractivity contribution in [1.82, 2.24) is 10.3 Å². The smallest absolute Gasteiger partial charge is 0.408 e. The quantitative estimate of drug-likeness (QED) is 0.855. The van der Waals surface area contributed by atoms with Gasteiger partial charge in [-0.2, -0.15) is 0 Å². The third-order valence-electron chi connectivity index (χ3n) is 3.09. The molecule has 18 heavy (non-hydrogen) atoms. The topological polar surface area (TPSA) is 58.0 Å². The van der Waals surface area contributed by atoms with Gasteiger partial charge in [0.05, 0.1) is 5.52 Å². The lowest BCUT2D eigenvalue weighted by Gasteiger charge is -2.22. The van der Waals surface area contributed by atoms with E-state index in [0.717, 1.165) is 24.0 Å². The minimum absolute atomic E-state index is 0.287. The van der Waals surface area contributed by atoms with Crippen molar-refractivity contribution < 1.29 is 4.42 Å². The first-order valence-electron chi connectivity index (χ1n) is 6.48. The molecule has 1 atom stereocenters. The molecule has 0 saturated carbocycles. The molecule has 2 aromatic rings. The maximum atomic E-state index is 11.1. The van der Waals surface area contributed by atoms with Crippen molar-refractivity contribution in [3.63, 3.8) is 0 Å². The number of fused-ring (bicyclic) bond motifs is 1. The van der Waals surface area contributed by atoms with Crippen LogP contribution in [0.15, 0.2) is 27.4 Å². The predicted molar refractivity (Wildman–Crippen MR) is 72.7 cm³/mol. The van der Waals surface area contributed by atoms with Crippen LogP contribution in [0.5, 0.6) is 0 Å². The van der Waals surface area contributed by atoms with E-state index >= 15 is 0 Å². The fourth-order valence-corrected chi connectivity index (χ4v) is 2.19. The highest BCUT2D eigenvalue weighted by Gasteiger charge is 2.16. The first kappa shape index (κ1) is 12.9. The molecule has 4 heteroatoms. The van der Waals surface area contributed by atoms with E-state index in [1.54, 1.807) is 0 Å². The molecule has 0 amide bonds. The van der Waals surface area contributed by atoms with E-state index in [0.29, 0.717) is 11.5 Å². The highest BCUT2D eigenvalue weighted by atomic mass is 16.4. The summed E-state index contributed by atoms with van der Waals surface area (Å²) in [5, 5.41) is 3.53. The molecular weight excluding hydrogens is 228 g/mol. The summed E-state index contributed by atoms with van der Waals surface area (Å²) in [6, 6.07) is 6.18. The number of hydrogen-bond donors (Lipinski definition) is 2. The van der Waals surface area contributed by atoms with Gasteiger partial charge in [-0.15, -0.1) is 0 Å². The van der Waals surface area contributed by atoms with Crippen molar-refractivity contribution >= 4 is 11.1 Å². The van der Waals surface area contributed by atoms with Crippen molar-refractivity contribution in [2.24, 2.45) is 5.92 Å². The molecule has 1 aromatic heterocycles. The molecule has 2 rings (SSSR count). The fourth-order valence-electron chi connectivity index (χ4n) is 2.19. The lowest BCUT2D eigenvalue weighted by atomic mass is 9.95.